The molecule has 1 aromatic rings. The number of nitrogens with zero attached hydrogens (tertiary/aromatic N) is 1. The Kier molecular flexibility index (Phi) is 5.08. The van der Waals surface area contributed by atoms with Crippen LogP contribution in [0.5, 0.6) is 0 Å². The molecule has 1 N–H and O–H groups in total. The molecule has 1 unspecified atom stereocenters. The van der Waals surface area contributed by atoms with Crippen molar-refractivity contribution >= 4 is 0 Å². The van der Waals surface area contributed by atoms with Crippen LogP contribution in [0.3, 0.4) is 0 Å². The average Bonchev–Trinajstić information content (AvgIpc) is 2.84. The molecule has 0 spiro atoms. The van der Waals surface area contributed by atoms with Crippen LogP contribution in [0.4, 0.5) is 0 Å². The van der Waals surface area contributed by atoms with E-state index in [0.717, 1.165) is 24.9 Å². The summed E-state index contributed by atoms with van der Waals surface area (Å²) >= 11 is 0. The van der Waals surface area contributed by atoms with Crippen LogP contribution in [-0.4, -0.2) is 30.6 Å². The Morgan fingerprint density at radius 3 is 3.18 bits per heavy atom. The van der Waals surface area contributed by atoms with Crippen molar-refractivity contribution in [1.29, 1.82) is 0 Å². The standard InChI is InChI=1S/C14H24N2O/c1-13-6-2-3-9-16(13)10-5-8-15-12-14-7-4-11-17-14/h4,7,11,13,15H,2-3,5-6,8-10,12H2,1H3. The lowest BCUT2D eigenvalue weighted by molar-refractivity contribution is 0.159. The van der Waals surface area contributed by atoms with Crippen LogP contribution in [0.1, 0.15) is 38.4 Å². The van der Waals surface area contributed by atoms with Gasteiger partial charge in [0, 0.05) is 6.04 Å². The van der Waals surface area contributed by atoms with Gasteiger partial charge in [0.25, 0.3) is 0 Å². The first-order chi connectivity index (χ1) is 8.36. The van der Waals surface area contributed by atoms with E-state index >= 15 is 0 Å². The smallest absolute Gasteiger partial charge is 0.117 e. The lowest BCUT2D eigenvalue weighted by atomic mass is 10.0. The summed E-state index contributed by atoms with van der Waals surface area (Å²) in [5.41, 5.74) is 0. The van der Waals surface area contributed by atoms with Crippen LogP contribution in [0.15, 0.2) is 22.8 Å². The van der Waals surface area contributed by atoms with Crippen molar-refractivity contribution in [2.45, 2.75) is 45.2 Å². The van der Waals surface area contributed by atoms with E-state index in [4.69, 9.17) is 4.42 Å². The van der Waals surface area contributed by atoms with Crippen molar-refractivity contribution in [3.63, 3.8) is 0 Å². The van der Waals surface area contributed by atoms with Gasteiger partial charge in [-0.2, -0.15) is 0 Å². The molecule has 0 radical (unpaired) electrons. The minimum absolute atomic E-state index is 0.786. The van der Waals surface area contributed by atoms with E-state index in [1.807, 2.05) is 12.1 Å². The van der Waals surface area contributed by atoms with Crippen LogP contribution in [0, 0.1) is 0 Å². The van der Waals surface area contributed by atoms with E-state index < -0.39 is 0 Å². The second-order valence-electron chi connectivity index (χ2n) is 4.99. The SMILES string of the molecule is CC1CCCCN1CCCNCc1ccco1. The second-order valence-corrected chi connectivity index (χ2v) is 4.99. The van der Waals surface area contributed by atoms with Gasteiger partial charge in [0.2, 0.25) is 0 Å². The molecule has 3 heteroatoms. The minimum atomic E-state index is 0.786. The Bertz CT molecular complexity index is 297. The van der Waals surface area contributed by atoms with Crippen molar-refractivity contribution in [3.05, 3.63) is 24.2 Å². The monoisotopic (exact) mass is 236 g/mol. The van der Waals surface area contributed by atoms with E-state index in [-0.39, 0.29) is 0 Å². The molecule has 17 heavy (non-hydrogen) atoms. The summed E-state index contributed by atoms with van der Waals surface area (Å²) < 4.78 is 5.27. The van der Waals surface area contributed by atoms with Gasteiger partial charge >= 0.3 is 0 Å². The molecule has 1 aromatic heterocycles. The fourth-order valence-electron chi connectivity index (χ4n) is 2.52. The highest BCUT2D eigenvalue weighted by atomic mass is 16.3. The summed E-state index contributed by atoms with van der Waals surface area (Å²) in [4.78, 5) is 2.62. The molecular formula is C14H24N2O. The van der Waals surface area contributed by atoms with Crippen LogP contribution < -0.4 is 5.32 Å². The lowest BCUT2D eigenvalue weighted by Crippen LogP contribution is -2.38. The van der Waals surface area contributed by atoms with E-state index in [9.17, 15) is 0 Å². The summed E-state index contributed by atoms with van der Waals surface area (Å²) in [5, 5.41) is 3.42. The predicted octanol–water partition coefficient (Wildman–Crippen LogP) is 2.63. The molecule has 1 atom stereocenters. The molecule has 2 rings (SSSR count). The summed E-state index contributed by atoms with van der Waals surface area (Å²) in [6.45, 7) is 6.80. The van der Waals surface area contributed by atoms with Crippen molar-refractivity contribution in [3.8, 4) is 0 Å². The van der Waals surface area contributed by atoms with Gasteiger partial charge in [-0.25, -0.2) is 0 Å². The Labute approximate surface area is 104 Å². The number of hydrogen-bond donors (Lipinski definition) is 1. The highest BCUT2D eigenvalue weighted by molar-refractivity contribution is 4.97. The first-order valence-electron chi connectivity index (χ1n) is 6.83. The Morgan fingerprint density at radius 2 is 2.41 bits per heavy atom. The molecule has 2 heterocycles. The molecule has 0 saturated carbocycles. The zero-order valence-corrected chi connectivity index (χ0v) is 10.8. The number of rotatable bonds is 6. The van der Waals surface area contributed by atoms with Gasteiger partial charge < -0.3 is 14.6 Å². The van der Waals surface area contributed by atoms with Gasteiger partial charge in [0.1, 0.15) is 5.76 Å². The predicted molar refractivity (Wildman–Crippen MR) is 69.9 cm³/mol. The molecule has 3 nitrogen and oxygen atoms in total. The van der Waals surface area contributed by atoms with Crippen LogP contribution in [0.2, 0.25) is 0 Å². The van der Waals surface area contributed by atoms with Crippen LogP contribution >= 0.6 is 0 Å². The van der Waals surface area contributed by atoms with Crippen molar-refractivity contribution < 1.29 is 4.42 Å². The lowest BCUT2D eigenvalue weighted by Gasteiger charge is -2.33. The normalized spacial score (nSPS) is 21.8. The van der Waals surface area contributed by atoms with Crippen LogP contribution in [-0.2, 0) is 6.54 Å². The first kappa shape index (κ1) is 12.7. The number of piperidine rings is 1. The third kappa shape index (κ3) is 4.17. The highest BCUT2D eigenvalue weighted by Gasteiger charge is 2.16. The van der Waals surface area contributed by atoms with E-state index in [1.54, 1.807) is 6.26 Å². The Balaban J connectivity index is 1.53. The molecule has 1 fully saturated rings. The third-order valence-electron chi connectivity index (χ3n) is 3.62. The Hall–Kier alpha value is -0.800. The van der Waals surface area contributed by atoms with Crippen molar-refractivity contribution in [1.82, 2.24) is 10.2 Å². The molecule has 96 valence electrons. The molecule has 0 aliphatic carbocycles. The molecule has 0 aromatic carbocycles. The number of hydrogen-bond acceptors (Lipinski definition) is 3. The van der Waals surface area contributed by atoms with Gasteiger partial charge in [-0.05, 0) is 58.0 Å². The number of likely N-dealkylation sites (tertiary alicyclic amines) is 1. The highest BCUT2D eigenvalue weighted by Crippen LogP contribution is 2.16. The van der Waals surface area contributed by atoms with Gasteiger partial charge in [-0.3, -0.25) is 0 Å². The van der Waals surface area contributed by atoms with Crippen molar-refractivity contribution in [2.24, 2.45) is 0 Å². The van der Waals surface area contributed by atoms with Crippen LogP contribution in [0.25, 0.3) is 0 Å². The molecule has 0 bridgehead atoms. The summed E-state index contributed by atoms with van der Waals surface area (Å²) in [6, 6.07) is 4.74. The first-order valence-corrected chi connectivity index (χ1v) is 6.83. The van der Waals surface area contributed by atoms with Gasteiger partial charge in [0.15, 0.2) is 0 Å². The average molecular weight is 236 g/mol. The maximum Gasteiger partial charge on any atom is 0.117 e. The second kappa shape index (κ2) is 6.82. The minimum Gasteiger partial charge on any atom is -0.468 e. The fraction of sp³-hybridized carbons (Fsp3) is 0.714. The fourth-order valence-corrected chi connectivity index (χ4v) is 2.52. The topological polar surface area (TPSA) is 28.4 Å². The van der Waals surface area contributed by atoms with E-state index in [0.29, 0.717) is 0 Å². The van der Waals surface area contributed by atoms with Gasteiger partial charge in [-0.1, -0.05) is 6.42 Å². The Morgan fingerprint density at radius 1 is 1.47 bits per heavy atom. The van der Waals surface area contributed by atoms with Gasteiger partial charge in [-0.15, -0.1) is 0 Å². The van der Waals surface area contributed by atoms with Gasteiger partial charge in [0.05, 0.1) is 12.8 Å². The third-order valence-corrected chi connectivity index (χ3v) is 3.62. The summed E-state index contributed by atoms with van der Waals surface area (Å²) in [7, 11) is 0. The van der Waals surface area contributed by atoms with Crippen molar-refractivity contribution in [2.75, 3.05) is 19.6 Å². The zero-order chi connectivity index (χ0) is 11.9. The zero-order valence-electron chi connectivity index (χ0n) is 10.8. The molecule has 0 amide bonds. The molecule has 1 saturated heterocycles. The summed E-state index contributed by atoms with van der Waals surface area (Å²) in [5.74, 6) is 1.02. The maximum atomic E-state index is 5.27. The molecular weight excluding hydrogens is 212 g/mol. The number of furan rings is 1. The summed E-state index contributed by atoms with van der Waals surface area (Å²) in [6.07, 6.45) is 7.12. The van der Waals surface area contributed by atoms with E-state index in [1.165, 1.54) is 38.8 Å². The molecule has 1 aliphatic rings. The number of nitrogens with one attached hydrogen (secondary N) is 1. The quantitative estimate of drug-likeness (QED) is 0.770. The molecule has 1 aliphatic heterocycles. The maximum absolute atomic E-state index is 5.27. The largest absolute Gasteiger partial charge is 0.468 e. The van der Waals surface area contributed by atoms with E-state index in [2.05, 4.69) is 17.1 Å².